The summed E-state index contributed by atoms with van der Waals surface area (Å²) >= 11 is 1.76. The van der Waals surface area contributed by atoms with E-state index >= 15 is 0 Å². The third-order valence-electron chi connectivity index (χ3n) is 11.5. The molecule has 8 aromatic carbocycles. The first-order chi connectivity index (χ1) is 29.7. The van der Waals surface area contributed by atoms with Crippen LogP contribution in [0.5, 0.6) is 0 Å². The molecule has 280 valence electrons. The van der Waals surface area contributed by atoms with Crippen LogP contribution in [-0.4, -0.2) is 24.5 Å². The largest absolute Gasteiger partial charge is 0.309 e. The predicted molar refractivity (Wildman–Crippen MR) is 250 cm³/mol. The van der Waals surface area contributed by atoms with Crippen molar-refractivity contribution in [3.05, 3.63) is 200 Å². The number of nitrogens with zero attached hydrogens (tertiary/aromatic N) is 5. The Labute approximate surface area is 349 Å². The molecule has 4 heterocycles. The van der Waals surface area contributed by atoms with Crippen LogP contribution >= 0.6 is 11.3 Å². The summed E-state index contributed by atoms with van der Waals surface area (Å²) in [5, 5.41) is 7.38. The molecule has 0 aliphatic heterocycles. The molecular weight excluding hydrogens is 751 g/mol. The number of fused-ring (bicyclic) bond motifs is 8. The molecule has 0 atom stereocenters. The second kappa shape index (κ2) is 13.9. The van der Waals surface area contributed by atoms with Crippen LogP contribution in [0.2, 0.25) is 0 Å². The zero-order valence-electron chi connectivity index (χ0n) is 32.2. The average Bonchev–Trinajstić information content (AvgIpc) is 3.88. The lowest BCUT2D eigenvalue weighted by Gasteiger charge is -2.11. The molecule has 5 nitrogen and oxygen atoms in total. The van der Waals surface area contributed by atoms with Crippen molar-refractivity contribution in [2.75, 3.05) is 0 Å². The van der Waals surface area contributed by atoms with E-state index in [1.165, 1.54) is 42.7 Å². The number of hydrogen-bond acceptors (Lipinski definition) is 5. The highest BCUT2D eigenvalue weighted by Crippen LogP contribution is 2.41. The van der Waals surface area contributed by atoms with Crippen LogP contribution in [0.4, 0.5) is 0 Å². The van der Waals surface area contributed by atoms with Crippen molar-refractivity contribution in [1.82, 2.24) is 24.5 Å². The van der Waals surface area contributed by atoms with E-state index in [0.29, 0.717) is 17.5 Å². The Morgan fingerprint density at radius 1 is 0.317 bits per heavy atom. The number of thiophene rings is 1. The number of hydrogen-bond donors (Lipinski definition) is 0. The Morgan fingerprint density at radius 2 is 0.750 bits per heavy atom. The van der Waals surface area contributed by atoms with Gasteiger partial charge in [-0.05, 0) is 59.0 Å². The molecule has 0 N–H and O–H groups in total. The molecule has 0 aliphatic rings. The summed E-state index contributed by atoms with van der Waals surface area (Å²) in [5.74, 6) is 1.89. The zero-order chi connectivity index (χ0) is 39.6. The van der Waals surface area contributed by atoms with E-state index in [1.807, 2.05) is 30.3 Å². The molecule has 6 heteroatoms. The molecule has 0 amide bonds. The summed E-state index contributed by atoms with van der Waals surface area (Å²) in [5.41, 5.74) is 10.6. The maximum absolute atomic E-state index is 5.25. The van der Waals surface area contributed by atoms with E-state index in [0.717, 1.165) is 55.0 Å². The normalized spacial score (nSPS) is 11.7. The molecule has 12 aromatic rings. The molecule has 4 aromatic heterocycles. The topological polar surface area (TPSA) is 56.5 Å². The van der Waals surface area contributed by atoms with Crippen molar-refractivity contribution in [1.29, 1.82) is 0 Å². The SMILES string of the molecule is c1ccc(-c2nc(-c3ccc(-c4ccc(-c5nc6sc7ccccc7c6c6ccccc56)cc4)cc3)nc(-c3ccc(-n4c5ccccc5c5ccccc54)cc3)n2)cc1. The summed E-state index contributed by atoms with van der Waals surface area (Å²) in [4.78, 5) is 21.4. The van der Waals surface area contributed by atoms with E-state index in [1.54, 1.807) is 11.3 Å². The van der Waals surface area contributed by atoms with Crippen molar-refractivity contribution in [3.63, 3.8) is 0 Å². The van der Waals surface area contributed by atoms with Gasteiger partial charge in [0.15, 0.2) is 17.5 Å². The molecule has 60 heavy (non-hydrogen) atoms. The van der Waals surface area contributed by atoms with Crippen molar-refractivity contribution >= 4 is 64.2 Å². The van der Waals surface area contributed by atoms with Crippen LogP contribution in [0.3, 0.4) is 0 Å². The number of rotatable bonds is 6. The Kier molecular flexibility index (Phi) is 7.96. The van der Waals surface area contributed by atoms with E-state index in [4.69, 9.17) is 19.9 Å². The first-order valence-electron chi connectivity index (χ1n) is 20.1. The van der Waals surface area contributed by atoms with Gasteiger partial charge in [-0.25, -0.2) is 19.9 Å². The fourth-order valence-electron chi connectivity index (χ4n) is 8.60. The average molecular weight is 784 g/mol. The number of benzene rings is 8. The Morgan fingerprint density at radius 3 is 1.35 bits per heavy atom. The van der Waals surface area contributed by atoms with Gasteiger partial charge in [-0.1, -0.05) is 158 Å². The smallest absolute Gasteiger partial charge is 0.164 e. The van der Waals surface area contributed by atoms with E-state index in [2.05, 4.69) is 174 Å². The van der Waals surface area contributed by atoms with Gasteiger partial charge in [-0.15, -0.1) is 11.3 Å². The minimum absolute atomic E-state index is 0.627. The number of pyridine rings is 1. The van der Waals surface area contributed by atoms with Gasteiger partial charge in [0.2, 0.25) is 0 Å². The quantitative estimate of drug-likeness (QED) is 0.169. The van der Waals surface area contributed by atoms with Gasteiger partial charge in [-0.3, -0.25) is 0 Å². The molecule has 0 radical (unpaired) electrons. The van der Waals surface area contributed by atoms with Gasteiger partial charge in [0.1, 0.15) is 4.83 Å². The first-order valence-corrected chi connectivity index (χ1v) is 20.9. The molecule has 0 saturated carbocycles. The van der Waals surface area contributed by atoms with Gasteiger partial charge >= 0.3 is 0 Å². The molecule has 0 bridgehead atoms. The van der Waals surface area contributed by atoms with E-state index in [9.17, 15) is 0 Å². The van der Waals surface area contributed by atoms with Crippen LogP contribution in [0, 0.1) is 0 Å². The zero-order valence-corrected chi connectivity index (χ0v) is 33.0. The summed E-state index contributed by atoms with van der Waals surface area (Å²) in [7, 11) is 0. The van der Waals surface area contributed by atoms with Crippen molar-refractivity contribution in [3.8, 4) is 62.2 Å². The fraction of sp³-hybridized carbons (Fsp3) is 0. The Hall–Kier alpha value is -7.80. The van der Waals surface area contributed by atoms with Crippen LogP contribution in [0.1, 0.15) is 0 Å². The molecular formula is C54H33N5S. The molecule has 0 aliphatic carbocycles. The molecule has 12 rings (SSSR count). The maximum atomic E-state index is 5.25. The molecule has 0 spiro atoms. The van der Waals surface area contributed by atoms with Crippen LogP contribution in [0.15, 0.2) is 200 Å². The van der Waals surface area contributed by atoms with Gasteiger partial charge in [0.05, 0.1) is 16.7 Å². The van der Waals surface area contributed by atoms with E-state index < -0.39 is 0 Å². The highest BCUT2D eigenvalue weighted by molar-refractivity contribution is 7.25. The van der Waals surface area contributed by atoms with Crippen LogP contribution < -0.4 is 0 Å². The third kappa shape index (κ3) is 5.69. The van der Waals surface area contributed by atoms with Gasteiger partial charge in [-0.2, -0.15) is 0 Å². The van der Waals surface area contributed by atoms with E-state index in [-0.39, 0.29) is 0 Å². The second-order valence-electron chi connectivity index (χ2n) is 15.0. The summed E-state index contributed by atoms with van der Waals surface area (Å²) in [6.07, 6.45) is 0. The standard InChI is InChI=1S/C54H33N5S/c1-2-12-37(13-3-1)51-56-52(58-53(57-51)39-30-32-40(33-31-39)59-46-19-9-6-14-41(46)42-15-7-10-20-47(42)59)38-28-24-35(25-29-38)34-22-26-36(27-23-34)50-44-17-5-4-16-43(44)49-45-18-8-11-21-48(45)60-54(49)55-50/h1-33H. The monoisotopic (exact) mass is 783 g/mol. The summed E-state index contributed by atoms with van der Waals surface area (Å²) < 4.78 is 3.58. The van der Waals surface area contributed by atoms with Gasteiger partial charge < -0.3 is 4.57 Å². The van der Waals surface area contributed by atoms with Crippen LogP contribution in [0.25, 0.3) is 115 Å². The minimum atomic E-state index is 0.627. The lowest BCUT2D eigenvalue weighted by atomic mass is 9.98. The second-order valence-corrected chi connectivity index (χ2v) is 16.1. The third-order valence-corrected chi connectivity index (χ3v) is 12.6. The van der Waals surface area contributed by atoms with Crippen molar-refractivity contribution < 1.29 is 0 Å². The Bertz CT molecular complexity index is 3520. The summed E-state index contributed by atoms with van der Waals surface area (Å²) in [6.45, 7) is 0. The maximum Gasteiger partial charge on any atom is 0.164 e. The summed E-state index contributed by atoms with van der Waals surface area (Å²) in [6, 6.07) is 70.3. The van der Waals surface area contributed by atoms with Gasteiger partial charge in [0, 0.05) is 59.6 Å². The van der Waals surface area contributed by atoms with Gasteiger partial charge in [0.25, 0.3) is 0 Å². The molecule has 0 unspecified atom stereocenters. The number of aromatic nitrogens is 5. The van der Waals surface area contributed by atoms with Crippen molar-refractivity contribution in [2.45, 2.75) is 0 Å². The molecule has 0 fully saturated rings. The molecule has 0 saturated heterocycles. The first kappa shape index (κ1) is 34.3. The highest BCUT2D eigenvalue weighted by atomic mass is 32.1. The van der Waals surface area contributed by atoms with Crippen molar-refractivity contribution in [2.24, 2.45) is 0 Å². The minimum Gasteiger partial charge on any atom is -0.309 e. The lowest BCUT2D eigenvalue weighted by Crippen LogP contribution is -2.00. The van der Waals surface area contributed by atoms with Crippen LogP contribution in [-0.2, 0) is 0 Å². The number of para-hydroxylation sites is 2. The fourth-order valence-corrected chi connectivity index (χ4v) is 9.70. The highest BCUT2D eigenvalue weighted by Gasteiger charge is 2.17. The predicted octanol–water partition coefficient (Wildman–Crippen LogP) is 14.2. The Balaban J connectivity index is 0.883. The lowest BCUT2D eigenvalue weighted by molar-refractivity contribution is 1.07.